The molecule has 4 saturated carbocycles. The number of hydrogen-bond acceptors (Lipinski definition) is 5. The minimum absolute atomic E-state index is 0.0721. The van der Waals surface area contributed by atoms with Crippen molar-refractivity contribution in [3.05, 3.63) is 35.9 Å². The van der Waals surface area contributed by atoms with Crippen molar-refractivity contribution in [2.24, 2.45) is 45.6 Å². The van der Waals surface area contributed by atoms with Gasteiger partial charge in [0, 0.05) is 24.4 Å². The van der Waals surface area contributed by atoms with Crippen molar-refractivity contribution < 1.29 is 18.5 Å². The number of hydrogen-bond donors (Lipinski definition) is 0. The van der Waals surface area contributed by atoms with Gasteiger partial charge in [0.25, 0.3) is 0 Å². The molecule has 0 heterocycles. The Morgan fingerprint density at radius 2 is 1.66 bits per heavy atom. The number of carbonyl (C=O) groups is 1. The van der Waals surface area contributed by atoms with Crippen molar-refractivity contribution >= 4 is 28.1 Å². The summed E-state index contributed by atoms with van der Waals surface area (Å²) >= 11 is 0. The first-order valence-corrected chi connectivity index (χ1v) is 23.1. The van der Waals surface area contributed by atoms with Gasteiger partial charge >= 0.3 is 0 Å². The van der Waals surface area contributed by atoms with E-state index in [2.05, 4.69) is 65.3 Å². The Morgan fingerprint density at radius 1 is 0.927 bits per heavy atom. The van der Waals surface area contributed by atoms with Crippen LogP contribution in [0.1, 0.15) is 70.8 Å². The Labute approximate surface area is 251 Å². The molecule has 0 N–H and O–H groups in total. The van der Waals surface area contributed by atoms with Crippen LogP contribution in [-0.2, 0) is 25.1 Å². The van der Waals surface area contributed by atoms with Crippen LogP contribution in [0.15, 0.2) is 35.5 Å². The molecule has 0 saturated heterocycles. The third kappa shape index (κ3) is 6.63. The van der Waals surface area contributed by atoms with Crippen LogP contribution in [0, 0.1) is 40.4 Å². The number of oxime groups is 1. The fraction of sp³-hybridized carbons (Fsp3) is 0.765. The first-order chi connectivity index (χ1) is 19.2. The van der Waals surface area contributed by atoms with Gasteiger partial charge in [-0.25, -0.2) is 0 Å². The highest BCUT2D eigenvalue weighted by molar-refractivity contribution is 6.70. The SMILES string of the molecule is C[C@]12CC[C@@H](O[Si](C)(C)C)C[C@H]1CC[C@H]1[C@@H]3CC[C@H](/C(CO[Si](C)(C)C)=N\OCc4ccccc4)[C@@]3(C)CC(=O)[C@@H]12. The Morgan fingerprint density at radius 3 is 2.34 bits per heavy atom. The number of carbonyl (C=O) groups excluding carboxylic acids is 1. The molecule has 0 bridgehead atoms. The molecule has 0 spiro atoms. The molecule has 4 fully saturated rings. The van der Waals surface area contributed by atoms with E-state index >= 15 is 0 Å². The zero-order valence-electron chi connectivity index (χ0n) is 27.0. The van der Waals surface area contributed by atoms with E-state index in [1.54, 1.807) is 0 Å². The molecule has 0 radical (unpaired) electrons. The number of ketones is 1. The highest BCUT2D eigenvalue weighted by atomic mass is 28.4. The van der Waals surface area contributed by atoms with Gasteiger partial charge in [-0.05, 0) is 118 Å². The fourth-order valence-electron chi connectivity index (χ4n) is 9.43. The van der Waals surface area contributed by atoms with Crippen molar-refractivity contribution in [1.29, 1.82) is 0 Å². The second kappa shape index (κ2) is 11.7. The topological polar surface area (TPSA) is 57.1 Å². The molecule has 4 aliphatic carbocycles. The van der Waals surface area contributed by atoms with Gasteiger partial charge in [-0.1, -0.05) is 49.3 Å². The molecule has 7 heteroatoms. The van der Waals surface area contributed by atoms with Gasteiger partial charge in [-0.15, -0.1) is 0 Å². The number of nitrogens with zero attached hydrogens (tertiary/aromatic N) is 1. The molecule has 1 aromatic rings. The lowest BCUT2D eigenvalue weighted by atomic mass is 9.44. The molecule has 5 rings (SSSR count). The maximum Gasteiger partial charge on any atom is 0.184 e. The third-order valence-electron chi connectivity index (χ3n) is 11.1. The molecule has 228 valence electrons. The quantitative estimate of drug-likeness (QED) is 0.163. The number of benzene rings is 1. The van der Waals surface area contributed by atoms with Crippen LogP contribution >= 0.6 is 0 Å². The predicted molar refractivity (Wildman–Crippen MR) is 172 cm³/mol. The highest BCUT2D eigenvalue weighted by Crippen LogP contribution is 2.66. The average molecular weight is 598 g/mol. The minimum atomic E-state index is -1.75. The van der Waals surface area contributed by atoms with Crippen LogP contribution in [0.3, 0.4) is 0 Å². The maximum absolute atomic E-state index is 14.3. The van der Waals surface area contributed by atoms with Crippen LogP contribution < -0.4 is 0 Å². The van der Waals surface area contributed by atoms with Gasteiger partial charge < -0.3 is 13.7 Å². The maximum atomic E-state index is 14.3. The van der Waals surface area contributed by atoms with E-state index < -0.39 is 16.6 Å². The monoisotopic (exact) mass is 597 g/mol. The molecule has 4 aliphatic rings. The van der Waals surface area contributed by atoms with E-state index in [1.807, 2.05) is 18.2 Å². The Hall–Kier alpha value is -1.29. The molecule has 1 aromatic carbocycles. The van der Waals surface area contributed by atoms with E-state index in [-0.39, 0.29) is 22.7 Å². The van der Waals surface area contributed by atoms with Crippen molar-refractivity contribution in [2.75, 3.05) is 6.61 Å². The molecular formula is C34H55NO4Si2. The van der Waals surface area contributed by atoms with E-state index in [0.717, 1.165) is 37.0 Å². The van der Waals surface area contributed by atoms with Crippen molar-refractivity contribution in [3.8, 4) is 0 Å². The second-order valence-corrected chi connectivity index (χ2v) is 25.2. The Bertz CT molecular complexity index is 1110. The van der Waals surface area contributed by atoms with Gasteiger partial charge in [0.15, 0.2) is 16.6 Å². The van der Waals surface area contributed by atoms with Crippen LogP contribution in [0.2, 0.25) is 39.3 Å². The summed E-state index contributed by atoms with van der Waals surface area (Å²) in [6.45, 7) is 19.4. The Balaban J connectivity index is 1.35. The van der Waals surface area contributed by atoms with E-state index in [1.165, 1.54) is 19.3 Å². The van der Waals surface area contributed by atoms with Gasteiger partial charge in [0.1, 0.15) is 12.4 Å². The summed E-state index contributed by atoms with van der Waals surface area (Å²) in [4.78, 5) is 20.3. The smallest absolute Gasteiger partial charge is 0.184 e. The molecular weight excluding hydrogens is 543 g/mol. The Kier molecular flexibility index (Phi) is 8.86. The van der Waals surface area contributed by atoms with Gasteiger partial charge in [0.2, 0.25) is 0 Å². The van der Waals surface area contributed by atoms with Gasteiger partial charge in [-0.2, -0.15) is 0 Å². The summed E-state index contributed by atoms with van der Waals surface area (Å²) in [5.41, 5.74) is 2.18. The number of Topliss-reactive ketones (excluding diaryl/α,β-unsaturated/α-hetero) is 1. The van der Waals surface area contributed by atoms with Gasteiger partial charge in [-0.3, -0.25) is 4.79 Å². The molecule has 8 atom stereocenters. The molecule has 0 unspecified atom stereocenters. The normalized spacial score (nSPS) is 37.8. The minimum Gasteiger partial charge on any atom is -0.415 e. The first-order valence-electron chi connectivity index (χ1n) is 16.3. The molecule has 41 heavy (non-hydrogen) atoms. The zero-order valence-corrected chi connectivity index (χ0v) is 29.0. The lowest BCUT2D eigenvalue weighted by molar-refractivity contribution is -0.159. The van der Waals surface area contributed by atoms with Crippen molar-refractivity contribution in [1.82, 2.24) is 0 Å². The summed E-state index contributed by atoms with van der Waals surface area (Å²) < 4.78 is 13.0. The average Bonchev–Trinajstić information content (AvgIpc) is 3.21. The molecule has 0 aliphatic heterocycles. The second-order valence-electron chi connectivity index (χ2n) is 16.2. The van der Waals surface area contributed by atoms with Crippen molar-refractivity contribution in [2.45, 2.75) is 117 Å². The molecule has 0 aromatic heterocycles. The predicted octanol–water partition coefficient (Wildman–Crippen LogP) is 8.47. The van der Waals surface area contributed by atoms with E-state index in [0.29, 0.717) is 49.3 Å². The lowest BCUT2D eigenvalue weighted by Gasteiger charge is -2.60. The standard InChI is InChI=1S/C34H55NO4Si2/c1-33-19-18-26(39-41(6,7)8)20-25(33)14-15-27-28-16-17-29(34(28,2)21-31(36)32(27)33)30(23-38-40(3,4)5)35-37-22-24-12-10-9-11-13-24/h9-13,25-29,32H,14-23H2,1-8H3/b35-30-/t25-,26-,27+,28+,29-,32-,33+,34+/m1/s1. The largest absolute Gasteiger partial charge is 0.415 e. The summed E-state index contributed by atoms with van der Waals surface area (Å²) in [6, 6.07) is 10.2. The number of fused-ring (bicyclic) bond motifs is 5. The highest BCUT2D eigenvalue weighted by Gasteiger charge is 2.64. The fourth-order valence-corrected chi connectivity index (χ4v) is 11.2. The van der Waals surface area contributed by atoms with Crippen LogP contribution in [-0.4, -0.2) is 40.8 Å². The van der Waals surface area contributed by atoms with Crippen molar-refractivity contribution in [3.63, 3.8) is 0 Å². The summed E-state index contributed by atoms with van der Waals surface area (Å²) in [5.74, 6) is 2.63. The molecule has 0 amide bonds. The van der Waals surface area contributed by atoms with E-state index in [9.17, 15) is 4.79 Å². The lowest BCUT2D eigenvalue weighted by Crippen LogP contribution is -2.58. The van der Waals surface area contributed by atoms with Gasteiger partial charge in [0.05, 0.1) is 12.3 Å². The van der Waals surface area contributed by atoms with Crippen LogP contribution in [0.5, 0.6) is 0 Å². The number of rotatable bonds is 9. The van der Waals surface area contributed by atoms with Crippen LogP contribution in [0.25, 0.3) is 0 Å². The first kappa shape index (κ1) is 31.1. The van der Waals surface area contributed by atoms with Crippen LogP contribution in [0.4, 0.5) is 0 Å². The molecule has 5 nitrogen and oxygen atoms in total. The zero-order chi connectivity index (χ0) is 29.6. The van der Waals surface area contributed by atoms with E-state index in [4.69, 9.17) is 18.8 Å². The summed E-state index contributed by atoms with van der Waals surface area (Å²) in [5, 5.41) is 4.78. The summed E-state index contributed by atoms with van der Waals surface area (Å²) in [7, 11) is -3.31. The summed E-state index contributed by atoms with van der Waals surface area (Å²) in [6.07, 6.45) is 9.14. The third-order valence-corrected chi connectivity index (χ3v) is 13.2.